The van der Waals surface area contributed by atoms with Gasteiger partial charge in [0.2, 0.25) is 0 Å². The van der Waals surface area contributed by atoms with Crippen molar-refractivity contribution in [2.24, 2.45) is 0 Å². The largest absolute Gasteiger partial charge is 0.309 e. The third kappa shape index (κ3) is 4.79. The molecule has 3 nitrogen and oxygen atoms in total. The number of nitrogens with zero attached hydrogens (tertiary/aromatic N) is 3. The van der Waals surface area contributed by atoms with Gasteiger partial charge in [0.1, 0.15) is 0 Å². The normalized spacial score (nSPS) is 11.9. The molecule has 0 aliphatic heterocycles. The van der Waals surface area contributed by atoms with Crippen LogP contribution in [0.15, 0.2) is 212 Å². The van der Waals surface area contributed by atoms with Crippen LogP contribution < -0.4 is 0 Å². The van der Waals surface area contributed by atoms with E-state index in [0.29, 0.717) is 0 Å². The van der Waals surface area contributed by atoms with Gasteiger partial charge in [-0.05, 0) is 82.9 Å². The summed E-state index contributed by atoms with van der Waals surface area (Å²) < 4.78 is 7.44. The molecule has 0 saturated heterocycles. The van der Waals surface area contributed by atoms with Crippen LogP contribution in [0.4, 0.5) is 0 Å². The van der Waals surface area contributed by atoms with Gasteiger partial charge in [-0.15, -0.1) is 0 Å². The van der Waals surface area contributed by atoms with E-state index >= 15 is 0 Å². The maximum Gasteiger partial charge on any atom is 0.0784 e. The molecule has 9 aromatic carbocycles. The van der Waals surface area contributed by atoms with Crippen LogP contribution in [-0.4, -0.2) is 13.7 Å². The summed E-state index contributed by atoms with van der Waals surface area (Å²) in [6.07, 6.45) is 0. The Morgan fingerprint density at radius 1 is 0.228 bits per heavy atom. The molecule has 0 bridgehead atoms. The van der Waals surface area contributed by atoms with E-state index < -0.39 is 0 Å². The molecule has 0 aliphatic rings. The highest BCUT2D eigenvalue weighted by Crippen LogP contribution is 2.43. The van der Waals surface area contributed by atoms with Crippen molar-refractivity contribution in [3.05, 3.63) is 212 Å². The summed E-state index contributed by atoms with van der Waals surface area (Å²) in [5.74, 6) is 0. The molecule has 266 valence electrons. The zero-order chi connectivity index (χ0) is 37.5. The summed E-state index contributed by atoms with van der Waals surface area (Å²) in [5.41, 5.74) is 15.3. The quantitative estimate of drug-likeness (QED) is 0.168. The number of aromatic nitrogens is 3. The second-order valence-corrected chi connectivity index (χ2v) is 14.9. The summed E-state index contributed by atoms with van der Waals surface area (Å²) in [4.78, 5) is 0. The first-order chi connectivity index (χ1) is 28.3. The van der Waals surface area contributed by atoms with Gasteiger partial charge < -0.3 is 13.7 Å². The van der Waals surface area contributed by atoms with Crippen LogP contribution in [0.1, 0.15) is 0 Å². The molecule has 0 N–H and O–H groups in total. The molecule has 0 amide bonds. The van der Waals surface area contributed by atoms with Gasteiger partial charge in [0, 0.05) is 43.7 Å². The molecule has 12 aromatic rings. The Bertz CT molecular complexity index is 3390. The number of rotatable bonds is 5. The topological polar surface area (TPSA) is 14.8 Å². The number of hydrogen-bond donors (Lipinski definition) is 0. The van der Waals surface area contributed by atoms with Crippen molar-refractivity contribution in [2.45, 2.75) is 0 Å². The molecule has 0 spiro atoms. The Kier molecular flexibility index (Phi) is 6.93. The molecule has 3 heterocycles. The minimum Gasteiger partial charge on any atom is -0.309 e. The summed E-state index contributed by atoms with van der Waals surface area (Å²) in [5, 5.41) is 7.39. The van der Waals surface area contributed by atoms with E-state index in [1.165, 1.54) is 87.7 Å². The molecule has 0 unspecified atom stereocenters. The van der Waals surface area contributed by atoms with Crippen LogP contribution in [0.3, 0.4) is 0 Å². The Labute approximate surface area is 329 Å². The maximum absolute atomic E-state index is 2.50. The lowest BCUT2D eigenvalue weighted by Gasteiger charge is -2.17. The van der Waals surface area contributed by atoms with Crippen molar-refractivity contribution in [3.8, 4) is 39.3 Å². The van der Waals surface area contributed by atoms with Crippen LogP contribution in [-0.2, 0) is 0 Å². The lowest BCUT2D eigenvalue weighted by molar-refractivity contribution is 1.11. The predicted molar refractivity (Wildman–Crippen MR) is 240 cm³/mol. The van der Waals surface area contributed by atoms with Crippen LogP contribution in [0, 0.1) is 0 Å². The number of benzene rings is 9. The molecule has 0 atom stereocenters. The highest BCUT2D eigenvalue weighted by Gasteiger charge is 2.23. The summed E-state index contributed by atoms with van der Waals surface area (Å²) in [7, 11) is 0. The molecule has 0 radical (unpaired) electrons. The smallest absolute Gasteiger partial charge is 0.0784 e. The molecular weight excluding hydrogens is 691 g/mol. The molecule has 12 rings (SSSR count). The third-order valence-corrected chi connectivity index (χ3v) is 11.8. The van der Waals surface area contributed by atoms with E-state index in [1.807, 2.05) is 0 Å². The molecule has 57 heavy (non-hydrogen) atoms. The standard InChI is InChI=1S/C54H35N3/c1-3-15-36(16-4-1)38-27-30-40(31-28-38)56-52-32-29-39(37-17-5-2-6-18-37)33-46(52)47-34-41(55-48-23-11-7-19-42(48)43-20-8-12-24-49(43)55)35-53(54(47)56)57-50-25-13-9-21-44(50)45-22-10-14-26-51(45)57/h1-35H. The number of hydrogen-bond acceptors (Lipinski definition) is 0. The summed E-state index contributed by atoms with van der Waals surface area (Å²) >= 11 is 0. The molecule has 3 aromatic heterocycles. The Hall–Kier alpha value is -7.62. The lowest BCUT2D eigenvalue weighted by atomic mass is 10.0. The van der Waals surface area contributed by atoms with Gasteiger partial charge in [0.15, 0.2) is 0 Å². The van der Waals surface area contributed by atoms with Crippen LogP contribution in [0.5, 0.6) is 0 Å². The Balaban J connectivity index is 1.26. The second kappa shape index (κ2) is 12.5. The number of fused-ring (bicyclic) bond motifs is 9. The molecular formula is C54H35N3. The van der Waals surface area contributed by atoms with Crippen molar-refractivity contribution in [3.63, 3.8) is 0 Å². The van der Waals surface area contributed by atoms with Gasteiger partial charge in [-0.1, -0.05) is 152 Å². The van der Waals surface area contributed by atoms with Crippen molar-refractivity contribution in [2.75, 3.05) is 0 Å². The fourth-order valence-corrected chi connectivity index (χ4v) is 9.31. The monoisotopic (exact) mass is 725 g/mol. The third-order valence-electron chi connectivity index (χ3n) is 11.8. The molecule has 0 fully saturated rings. The Morgan fingerprint density at radius 3 is 1.19 bits per heavy atom. The SMILES string of the molecule is c1ccc(-c2ccc(-n3c4ccc(-c5ccccc5)cc4c4cc(-n5c6ccccc6c6ccccc65)cc(-n5c6ccccc6c6ccccc65)c43)cc2)cc1. The first kappa shape index (κ1) is 31.7. The average Bonchev–Trinajstić information content (AvgIpc) is 3.92. The summed E-state index contributed by atoms with van der Waals surface area (Å²) in [6, 6.07) is 77.6. The van der Waals surface area contributed by atoms with Gasteiger partial charge in [0.05, 0.1) is 38.8 Å². The van der Waals surface area contributed by atoms with Crippen LogP contribution >= 0.6 is 0 Å². The summed E-state index contributed by atoms with van der Waals surface area (Å²) in [6.45, 7) is 0. The number of para-hydroxylation sites is 4. The van der Waals surface area contributed by atoms with Crippen LogP contribution in [0.25, 0.3) is 105 Å². The van der Waals surface area contributed by atoms with Gasteiger partial charge >= 0.3 is 0 Å². The zero-order valence-electron chi connectivity index (χ0n) is 31.0. The molecule has 0 aliphatic carbocycles. The van der Waals surface area contributed by atoms with Gasteiger partial charge in [-0.3, -0.25) is 0 Å². The first-order valence-electron chi connectivity index (χ1n) is 19.6. The average molecular weight is 726 g/mol. The fourth-order valence-electron chi connectivity index (χ4n) is 9.31. The minimum atomic E-state index is 1.12. The van der Waals surface area contributed by atoms with Crippen molar-refractivity contribution in [1.29, 1.82) is 0 Å². The van der Waals surface area contributed by atoms with E-state index in [0.717, 1.165) is 17.1 Å². The predicted octanol–water partition coefficient (Wildman–Crippen LogP) is 14.3. The molecule has 3 heteroatoms. The van der Waals surface area contributed by atoms with Crippen molar-refractivity contribution < 1.29 is 0 Å². The lowest BCUT2D eigenvalue weighted by Crippen LogP contribution is -2.03. The van der Waals surface area contributed by atoms with Crippen LogP contribution in [0.2, 0.25) is 0 Å². The Morgan fingerprint density at radius 2 is 0.649 bits per heavy atom. The second-order valence-electron chi connectivity index (χ2n) is 14.9. The van der Waals surface area contributed by atoms with E-state index in [-0.39, 0.29) is 0 Å². The van der Waals surface area contributed by atoms with Gasteiger partial charge in [0.25, 0.3) is 0 Å². The van der Waals surface area contributed by atoms with Gasteiger partial charge in [-0.2, -0.15) is 0 Å². The zero-order valence-corrected chi connectivity index (χ0v) is 31.0. The van der Waals surface area contributed by atoms with E-state index in [9.17, 15) is 0 Å². The van der Waals surface area contributed by atoms with Crippen molar-refractivity contribution >= 4 is 65.4 Å². The highest BCUT2D eigenvalue weighted by atomic mass is 15.1. The highest BCUT2D eigenvalue weighted by molar-refractivity contribution is 6.17. The van der Waals surface area contributed by atoms with E-state index in [2.05, 4.69) is 226 Å². The maximum atomic E-state index is 2.50. The minimum absolute atomic E-state index is 1.12. The van der Waals surface area contributed by atoms with E-state index in [1.54, 1.807) is 0 Å². The molecule has 0 saturated carbocycles. The van der Waals surface area contributed by atoms with E-state index in [4.69, 9.17) is 0 Å². The fraction of sp³-hybridized carbons (Fsp3) is 0. The van der Waals surface area contributed by atoms with Crippen molar-refractivity contribution in [1.82, 2.24) is 13.7 Å². The van der Waals surface area contributed by atoms with Gasteiger partial charge in [-0.25, -0.2) is 0 Å². The first-order valence-corrected chi connectivity index (χ1v) is 19.6.